The summed E-state index contributed by atoms with van der Waals surface area (Å²) in [4.78, 5) is 26.5. The number of anilines is 1. The first-order chi connectivity index (χ1) is 11.9. The first-order valence-electron chi connectivity index (χ1n) is 8.02. The number of rotatable bonds is 3. The summed E-state index contributed by atoms with van der Waals surface area (Å²) >= 11 is 5.20. The molecule has 25 heavy (non-hydrogen) atoms. The maximum atomic E-state index is 12.9. The highest BCUT2D eigenvalue weighted by Crippen LogP contribution is 2.23. The summed E-state index contributed by atoms with van der Waals surface area (Å²) in [5.74, 6) is -0.896. The van der Waals surface area contributed by atoms with E-state index in [0.717, 1.165) is 11.1 Å². The van der Waals surface area contributed by atoms with E-state index in [-0.39, 0.29) is 10.7 Å². The maximum Gasteiger partial charge on any atom is 0.270 e. The van der Waals surface area contributed by atoms with E-state index in [4.69, 9.17) is 12.2 Å². The quantitative estimate of drug-likeness (QED) is 0.524. The molecule has 128 valence electrons. The minimum atomic E-state index is -0.476. The topological polar surface area (TPSA) is 54.3 Å². The van der Waals surface area contributed by atoms with Gasteiger partial charge in [0.2, 0.25) is 0 Å². The first-order valence-corrected chi connectivity index (χ1v) is 8.43. The molecular formula is C19H19N3O2S. The zero-order chi connectivity index (χ0) is 18.1. The van der Waals surface area contributed by atoms with E-state index in [1.165, 1.54) is 4.90 Å². The smallest absolute Gasteiger partial charge is 0.270 e. The molecule has 1 N–H and O–H groups in total. The Balaban J connectivity index is 1.99. The number of benzene rings is 1. The van der Waals surface area contributed by atoms with E-state index in [2.05, 4.69) is 19.2 Å². The Labute approximate surface area is 151 Å². The molecular weight excluding hydrogens is 334 g/mol. The van der Waals surface area contributed by atoms with Gasteiger partial charge in [-0.05, 0) is 68.4 Å². The van der Waals surface area contributed by atoms with Gasteiger partial charge < -0.3 is 4.57 Å². The number of hydrogen-bond donors (Lipinski definition) is 1. The lowest BCUT2D eigenvalue weighted by atomic mass is 10.1. The van der Waals surface area contributed by atoms with E-state index >= 15 is 0 Å². The van der Waals surface area contributed by atoms with Crippen LogP contribution in [0.25, 0.3) is 6.08 Å². The second kappa shape index (κ2) is 6.64. The lowest BCUT2D eigenvalue weighted by molar-refractivity contribution is -0.122. The van der Waals surface area contributed by atoms with Gasteiger partial charge in [-0.3, -0.25) is 19.8 Å². The zero-order valence-corrected chi connectivity index (χ0v) is 15.1. The number of carbonyl (C=O) groups excluding carboxylic acids is 2. The minimum absolute atomic E-state index is 0.0663. The summed E-state index contributed by atoms with van der Waals surface area (Å²) < 4.78 is 2.01. The van der Waals surface area contributed by atoms with Crippen LogP contribution in [0, 0.1) is 6.92 Å². The molecule has 1 aromatic carbocycles. The predicted molar refractivity (Wildman–Crippen MR) is 102 cm³/mol. The van der Waals surface area contributed by atoms with E-state index in [9.17, 15) is 9.59 Å². The molecule has 0 atom stereocenters. The lowest BCUT2D eigenvalue weighted by Gasteiger charge is -2.29. The van der Waals surface area contributed by atoms with Gasteiger partial charge in [-0.1, -0.05) is 12.1 Å². The van der Waals surface area contributed by atoms with Gasteiger partial charge in [0.1, 0.15) is 5.57 Å². The number of aromatic nitrogens is 1. The van der Waals surface area contributed by atoms with Gasteiger partial charge in [0.05, 0.1) is 5.69 Å². The highest BCUT2D eigenvalue weighted by molar-refractivity contribution is 7.80. The average Bonchev–Trinajstić information content (AvgIpc) is 3.00. The first kappa shape index (κ1) is 17.1. The molecule has 2 heterocycles. The molecule has 5 nitrogen and oxygen atoms in total. The molecule has 0 bridgehead atoms. The molecule has 0 radical (unpaired) electrons. The second-order valence-corrected chi connectivity index (χ2v) is 6.67. The lowest BCUT2D eigenvalue weighted by Crippen LogP contribution is -2.54. The van der Waals surface area contributed by atoms with Crippen LogP contribution < -0.4 is 10.2 Å². The fraction of sp³-hybridized carbons (Fsp3) is 0.211. The van der Waals surface area contributed by atoms with E-state index in [0.29, 0.717) is 11.7 Å². The Morgan fingerprint density at radius 1 is 1.20 bits per heavy atom. The highest BCUT2D eigenvalue weighted by atomic mass is 32.1. The number of carbonyl (C=O) groups is 2. The average molecular weight is 353 g/mol. The number of nitrogens with one attached hydrogen (secondary N) is 1. The Kier molecular flexibility index (Phi) is 4.55. The highest BCUT2D eigenvalue weighted by Gasteiger charge is 2.34. The van der Waals surface area contributed by atoms with E-state index < -0.39 is 11.8 Å². The molecule has 2 aromatic rings. The van der Waals surface area contributed by atoms with Crippen LogP contribution >= 0.6 is 12.2 Å². The van der Waals surface area contributed by atoms with Crippen molar-refractivity contribution in [2.75, 3.05) is 4.90 Å². The molecule has 0 aliphatic carbocycles. The van der Waals surface area contributed by atoms with Gasteiger partial charge >= 0.3 is 0 Å². The number of aryl methyl sites for hydroxylation is 1. The van der Waals surface area contributed by atoms with Crippen molar-refractivity contribution in [3.8, 4) is 0 Å². The fourth-order valence-corrected chi connectivity index (χ4v) is 2.94. The van der Waals surface area contributed by atoms with Crippen LogP contribution in [0.3, 0.4) is 0 Å². The van der Waals surface area contributed by atoms with Crippen LogP contribution in [0.4, 0.5) is 5.69 Å². The van der Waals surface area contributed by atoms with Crippen molar-refractivity contribution in [2.45, 2.75) is 26.8 Å². The maximum absolute atomic E-state index is 12.9. The third kappa shape index (κ3) is 3.39. The summed E-state index contributed by atoms with van der Waals surface area (Å²) in [6, 6.07) is 9.61. The Morgan fingerprint density at radius 2 is 1.96 bits per heavy atom. The molecule has 1 aliphatic heterocycles. The third-order valence-electron chi connectivity index (χ3n) is 4.01. The summed E-state index contributed by atoms with van der Waals surface area (Å²) in [6.45, 7) is 6.06. The van der Waals surface area contributed by atoms with Crippen molar-refractivity contribution in [1.29, 1.82) is 0 Å². The Bertz CT molecular complexity index is 896. The van der Waals surface area contributed by atoms with Gasteiger partial charge in [0.15, 0.2) is 5.11 Å². The molecule has 2 amide bonds. The van der Waals surface area contributed by atoms with Gasteiger partial charge in [0, 0.05) is 18.4 Å². The van der Waals surface area contributed by atoms with Gasteiger partial charge in [-0.2, -0.15) is 0 Å². The molecule has 0 spiro atoms. The number of hydrogen-bond acceptors (Lipinski definition) is 3. The van der Waals surface area contributed by atoms with Crippen molar-refractivity contribution >= 4 is 40.9 Å². The van der Waals surface area contributed by atoms with Crippen LogP contribution in [0.2, 0.25) is 0 Å². The SMILES string of the molecule is Cc1cccc(N2C(=O)/C(=C\c3ccn(C(C)C)c3)C(=O)NC2=S)c1. The van der Waals surface area contributed by atoms with Crippen LogP contribution in [-0.2, 0) is 9.59 Å². The van der Waals surface area contributed by atoms with E-state index in [1.54, 1.807) is 12.1 Å². The Morgan fingerprint density at radius 3 is 2.60 bits per heavy atom. The molecule has 1 saturated heterocycles. The van der Waals surface area contributed by atoms with Crippen molar-refractivity contribution in [2.24, 2.45) is 0 Å². The standard InChI is InChI=1S/C19H19N3O2S/c1-12(2)21-8-7-14(11-21)10-16-17(23)20-19(25)22(18(16)24)15-6-4-5-13(3)9-15/h4-12H,1-3H3,(H,20,23,25)/b16-10-. The normalized spacial score (nSPS) is 16.7. The summed E-state index contributed by atoms with van der Waals surface area (Å²) in [5.41, 5.74) is 2.51. The summed E-state index contributed by atoms with van der Waals surface area (Å²) in [6.07, 6.45) is 5.43. The van der Waals surface area contributed by atoms with Crippen LogP contribution in [0.5, 0.6) is 0 Å². The van der Waals surface area contributed by atoms with Gasteiger partial charge in [-0.25, -0.2) is 0 Å². The molecule has 6 heteroatoms. The molecule has 0 unspecified atom stereocenters. The van der Waals surface area contributed by atoms with Crippen molar-refractivity contribution in [1.82, 2.24) is 9.88 Å². The summed E-state index contributed by atoms with van der Waals surface area (Å²) in [7, 11) is 0. The second-order valence-electron chi connectivity index (χ2n) is 6.28. The number of nitrogens with zero attached hydrogens (tertiary/aromatic N) is 2. The van der Waals surface area contributed by atoms with Crippen molar-refractivity contribution in [3.63, 3.8) is 0 Å². The summed E-state index contributed by atoms with van der Waals surface area (Å²) in [5, 5.41) is 2.70. The Hall–Kier alpha value is -2.73. The van der Waals surface area contributed by atoms with Gasteiger partial charge in [0.25, 0.3) is 11.8 Å². The third-order valence-corrected chi connectivity index (χ3v) is 4.29. The zero-order valence-electron chi connectivity index (χ0n) is 14.3. The van der Waals surface area contributed by atoms with Crippen LogP contribution in [0.1, 0.15) is 31.0 Å². The van der Waals surface area contributed by atoms with Crippen molar-refractivity contribution in [3.05, 3.63) is 59.4 Å². The molecule has 1 aromatic heterocycles. The van der Waals surface area contributed by atoms with Crippen molar-refractivity contribution < 1.29 is 9.59 Å². The molecule has 1 fully saturated rings. The number of thiocarbonyl (C=S) groups is 1. The van der Waals surface area contributed by atoms with Crippen LogP contribution in [0.15, 0.2) is 48.3 Å². The van der Waals surface area contributed by atoms with Gasteiger partial charge in [-0.15, -0.1) is 0 Å². The monoisotopic (exact) mass is 353 g/mol. The molecule has 0 saturated carbocycles. The number of amides is 2. The molecule has 1 aliphatic rings. The predicted octanol–water partition coefficient (Wildman–Crippen LogP) is 3.21. The fourth-order valence-electron chi connectivity index (χ4n) is 2.66. The minimum Gasteiger partial charge on any atom is -0.351 e. The van der Waals surface area contributed by atoms with Crippen LogP contribution in [-0.4, -0.2) is 21.5 Å². The molecule has 3 rings (SSSR count). The van der Waals surface area contributed by atoms with E-state index in [1.807, 2.05) is 48.1 Å². The largest absolute Gasteiger partial charge is 0.351 e.